The average molecular weight is 375 g/mol. The molecular weight excluding hydrogens is 354 g/mol. The van der Waals surface area contributed by atoms with E-state index in [1.165, 1.54) is 12.1 Å². The van der Waals surface area contributed by atoms with Crippen LogP contribution in [0.15, 0.2) is 35.4 Å². The lowest BCUT2D eigenvalue weighted by Gasteiger charge is -2.17. The number of rotatable bonds is 4. The first kappa shape index (κ1) is 18.5. The van der Waals surface area contributed by atoms with Crippen LogP contribution in [0, 0.1) is 0 Å². The first-order valence-corrected chi connectivity index (χ1v) is 10.1. The maximum absolute atomic E-state index is 12.5. The first-order chi connectivity index (χ1) is 12.1. The number of nitrogens with zero attached hydrogens (tertiary/aromatic N) is 2. The van der Waals surface area contributed by atoms with E-state index in [0.717, 1.165) is 17.5 Å². The summed E-state index contributed by atoms with van der Waals surface area (Å²) in [6, 6.07) is 6.28. The minimum atomic E-state index is -3.26. The maximum atomic E-state index is 12.5. The fourth-order valence-corrected chi connectivity index (χ4v) is 3.42. The summed E-state index contributed by atoms with van der Waals surface area (Å²) in [5, 5.41) is 2.72. The molecule has 1 N–H and O–H groups in total. The van der Waals surface area contributed by atoms with E-state index in [1.807, 2.05) is 13.8 Å². The van der Waals surface area contributed by atoms with Crippen LogP contribution in [0.2, 0.25) is 0 Å². The van der Waals surface area contributed by atoms with Gasteiger partial charge in [0.05, 0.1) is 23.1 Å². The Kier molecular flexibility index (Phi) is 4.58. The number of amides is 1. The molecule has 3 rings (SSSR count). The summed E-state index contributed by atoms with van der Waals surface area (Å²) in [6.07, 6.45) is 2.81. The van der Waals surface area contributed by atoms with Gasteiger partial charge in [0, 0.05) is 18.0 Å². The van der Waals surface area contributed by atoms with Crippen molar-refractivity contribution < 1.29 is 17.9 Å². The largest absolute Gasteiger partial charge is 0.364 e. The lowest BCUT2D eigenvalue weighted by atomic mass is 10.0. The minimum Gasteiger partial charge on any atom is -0.364 e. The summed E-state index contributed by atoms with van der Waals surface area (Å²) in [6.45, 7) is 6.04. The van der Waals surface area contributed by atoms with Crippen molar-refractivity contribution in [3.63, 3.8) is 0 Å². The van der Waals surface area contributed by atoms with Crippen molar-refractivity contribution in [1.29, 1.82) is 0 Å². The van der Waals surface area contributed by atoms with Crippen molar-refractivity contribution in [3.05, 3.63) is 47.3 Å². The number of fused-ring (bicyclic) bond motifs is 1. The van der Waals surface area contributed by atoms with Crippen molar-refractivity contribution in [3.8, 4) is 0 Å². The molecule has 1 aromatic heterocycles. The number of carbonyl (C=O) groups is 1. The fourth-order valence-electron chi connectivity index (χ4n) is 2.79. The van der Waals surface area contributed by atoms with E-state index >= 15 is 0 Å². The lowest BCUT2D eigenvalue weighted by molar-refractivity contribution is -0.117. The molecule has 1 amide bonds. The Hall–Kier alpha value is -2.32. The van der Waals surface area contributed by atoms with Gasteiger partial charge in [0.25, 0.3) is 0 Å². The first-order valence-electron chi connectivity index (χ1n) is 8.19. The van der Waals surface area contributed by atoms with E-state index in [-0.39, 0.29) is 16.8 Å². The van der Waals surface area contributed by atoms with Gasteiger partial charge in [-0.2, -0.15) is 0 Å². The Morgan fingerprint density at radius 2 is 1.92 bits per heavy atom. The standard InChI is InChI=1S/C18H21N3O4S/c1-11(12-5-7-14(8-6-12)26(4,23)24)16(22)21-17-19-9-13-10-25-18(2,3)15(13)20-17/h5-9,11H,10H2,1-4H3,(H,19,20,21,22). The van der Waals surface area contributed by atoms with Gasteiger partial charge in [-0.1, -0.05) is 12.1 Å². The third-order valence-corrected chi connectivity index (χ3v) is 5.59. The van der Waals surface area contributed by atoms with Crippen LogP contribution in [0.4, 0.5) is 5.95 Å². The monoisotopic (exact) mass is 375 g/mol. The van der Waals surface area contributed by atoms with Crippen LogP contribution in [0.1, 0.15) is 43.5 Å². The van der Waals surface area contributed by atoms with Crippen LogP contribution < -0.4 is 5.32 Å². The number of carbonyl (C=O) groups excluding carboxylic acids is 1. The van der Waals surface area contributed by atoms with Gasteiger partial charge in [0.2, 0.25) is 11.9 Å². The predicted molar refractivity (Wildman–Crippen MR) is 96.4 cm³/mol. The van der Waals surface area contributed by atoms with Gasteiger partial charge in [-0.15, -0.1) is 0 Å². The highest BCUT2D eigenvalue weighted by Crippen LogP contribution is 2.34. The number of hydrogen-bond acceptors (Lipinski definition) is 6. The Labute approximate surface area is 152 Å². The summed E-state index contributed by atoms with van der Waals surface area (Å²) < 4.78 is 28.7. The number of aromatic nitrogens is 2. The predicted octanol–water partition coefficient (Wildman–Crippen LogP) is 2.39. The van der Waals surface area contributed by atoms with Crippen molar-refractivity contribution in [2.45, 2.75) is 43.8 Å². The number of benzene rings is 1. The second-order valence-corrected chi connectivity index (χ2v) is 8.93. The number of sulfone groups is 1. The van der Waals surface area contributed by atoms with E-state index in [1.54, 1.807) is 25.3 Å². The van der Waals surface area contributed by atoms with Gasteiger partial charge >= 0.3 is 0 Å². The molecule has 1 aromatic carbocycles. The third-order valence-electron chi connectivity index (χ3n) is 4.46. The highest BCUT2D eigenvalue weighted by Gasteiger charge is 2.33. The Morgan fingerprint density at radius 1 is 1.27 bits per heavy atom. The molecule has 0 aliphatic carbocycles. The summed E-state index contributed by atoms with van der Waals surface area (Å²) in [4.78, 5) is 21.3. The van der Waals surface area contributed by atoms with Crippen molar-refractivity contribution in [2.75, 3.05) is 11.6 Å². The van der Waals surface area contributed by atoms with Crippen LogP contribution in [0.5, 0.6) is 0 Å². The van der Waals surface area contributed by atoms with Gasteiger partial charge in [-0.3, -0.25) is 10.1 Å². The van der Waals surface area contributed by atoms with Gasteiger partial charge in [-0.05, 0) is 38.5 Å². The Bertz CT molecular complexity index is 953. The molecule has 1 unspecified atom stereocenters. The molecule has 138 valence electrons. The van der Waals surface area contributed by atoms with E-state index in [0.29, 0.717) is 12.2 Å². The zero-order valence-electron chi connectivity index (χ0n) is 15.1. The molecule has 0 saturated heterocycles. The van der Waals surface area contributed by atoms with E-state index < -0.39 is 21.4 Å². The number of ether oxygens (including phenoxy) is 1. The highest BCUT2D eigenvalue weighted by atomic mass is 32.2. The zero-order valence-corrected chi connectivity index (χ0v) is 15.9. The molecule has 1 aliphatic heterocycles. The highest BCUT2D eigenvalue weighted by molar-refractivity contribution is 7.90. The Balaban J connectivity index is 1.76. The normalized spacial score (nSPS) is 16.8. The van der Waals surface area contributed by atoms with Crippen LogP contribution >= 0.6 is 0 Å². The van der Waals surface area contributed by atoms with Gasteiger partial charge in [0.15, 0.2) is 9.84 Å². The van der Waals surface area contributed by atoms with E-state index in [4.69, 9.17) is 4.74 Å². The van der Waals surface area contributed by atoms with Crippen molar-refractivity contribution in [1.82, 2.24) is 9.97 Å². The second-order valence-electron chi connectivity index (χ2n) is 6.92. The molecule has 26 heavy (non-hydrogen) atoms. The SMILES string of the molecule is CC(C(=O)Nc1ncc2c(n1)C(C)(C)OC2)c1ccc(S(C)(=O)=O)cc1. The maximum Gasteiger partial charge on any atom is 0.233 e. The van der Waals surface area contributed by atoms with Gasteiger partial charge in [0.1, 0.15) is 5.60 Å². The van der Waals surface area contributed by atoms with Crippen LogP contribution in [-0.2, 0) is 31.6 Å². The van der Waals surface area contributed by atoms with Gasteiger partial charge < -0.3 is 4.74 Å². The lowest BCUT2D eigenvalue weighted by Crippen LogP contribution is -2.22. The molecule has 1 aliphatic rings. The molecule has 0 saturated carbocycles. The molecule has 2 heterocycles. The second kappa shape index (κ2) is 6.44. The summed E-state index contributed by atoms with van der Waals surface area (Å²) in [5.41, 5.74) is 1.88. The topological polar surface area (TPSA) is 98.2 Å². The quantitative estimate of drug-likeness (QED) is 0.881. The summed E-state index contributed by atoms with van der Waals surface area (Å²) >= 11 is 0. The molecular formula is C18H21N3O4S. The molecule has 2 aromatic rings. The zero-order chi connectivity index (χ0) is 19.1. The smallest absolute Gasteiger partial charge is 0.233 e. The van der Waals surface area contributed by atoms with Crippen LogP contribution in [-0.4, -0.2) is 30.5 Å². The number of hydrogen-bond donors (Lipinski definition) is 1. The molecule has 0 bridgehead atoms. The van der Waals surface area contributed by atoms with Crippen LogP contribution in [0.3, 0.4) is 0 Å². The van der Waals surface area contributed by atoms with E-state index in [9.17, 15) is 13.2 Å². The number of anilines is 1. The molecule has 7 nitrogen and oxygen atoms in total. The minimum absolute atomic E-state index is 0.220. The Morgan fingerprint density at radius 3 is 2.54 bits per heavy atom. The van der Waals surface area contributed by atoms with Crippen LogP contribution in [0.25, 0.3) is 0 Å². The van der Waals surface area contributed by atoms with Crippen molar-refractivity contribution >= 4 is 21.7 Å². The summed E-state index contributed by atoms with van der Waals surface area (Å²) in [7, 11) is -3.26. The molecule has 0 radical (unpaired) electrons. The van der Waals surface area contributed by atoms with E-state index in [2.05, 4.69) is 15.3 Å². The van der Waals surface area contributed by atoms with Crippen molar-refractivity contribution in [2.24, 2.45) is 0 Å². The third kappa shape index (κ3) is 3.61. The fraction of sp³-hybridized carbons (Fsp3) is 0.389. The molecule has 1 atom stereocenters. The molecule has 0 fully saturated rings. The molecule has 8 heteroatoms. The molecule has 0 spiro atoms. The van der Waals surface area contributed by atoms with Gasteiger partial charge in [-0.25, -0.2) is 18.4 Å². The average Bonchev–Trinajstić information content (AvgIpc) is 2.88. The summed E-state index contributed by atoms with van der Waals surface area (Å²) in [5.74, 6) is -0.523. The number of nitrogens with one attached hydrogen (secondary N) is 1.